The zero-order valence-electron chi connectivity index (χ0n) is 41.4. The molecule has 2 aliphatic heterocycles. The van der Waals surface area contributed by atoms with E-state index in [-0.39, 0.29) is 11.1 Å². The summed E-state index contributed by atoms with van der Waals surface area (Å²) in [6.07, 6.45) is 19.1. The summed E-state index contributed by atoms with van der Waals surface area (Å²) in [6, 6.07) is 20.9. The van der Waals surface area contributed by atoms with Crippen molar-refractivity contribution < 1.29 is 0 Å². The highest BCUT2D eigenvalue weighted by Gasteiger charge is 2.39. The van der Waals surface area contributed by atoms with Gasteiger partial charge < -0.3 is 11.1 Å². The smallest absolute Gasteiger partial charge is 0.209 e. The minimum atomic E-state index is -0.203. The van der Waals surface area contributed by atoms with Crippen LogP contribution in [0.2, 0.25) is 25.4 Å². The Balaban J connectivity index is 0.000000161. The van der Waals surface area contributed by atoms with E-state index in [1.807, 2.05) is 65.3 Å². The summed E-state index contributed by atoms with van der Waals surface area (Å²) in [4.78, 5) is 32.3. The van der Waals surface area contributed by atoms with Crippen LogP contribution < -0.4 is 11.1 Å². The zero-order valence-corrected chi connectivity index (χ0v) is 45.2. The van der Waals surface area contributed by atoms with Gasteiger partial charge in [0.25, 0.3) is 0 Å². The number of anilines is 1. The molecule has 17 heteroatoms. The maximum atomic E-state index is 6.41. The fourth-order valence-electron chi connectivity index (χ4n) is 10.0. The number of benzene rings is 2. The molecular formula is C54H61Cl5N12. The second-order valence-electron chi connectivity index (χ2n) is 19.9. The Labute approximate surface area is 441 Å². The van der Waals surface area contributed by atoms with Crippen LogP contribution in [0.15, 0.2) is 110 Å². The van der Waals surface area contributed by atoms with Crippen molar-refractivity contribution in [3.63, 3.8) is 0 Å². The van der Waals surface area contributed by atoms with Gasteiger partial charge in [0, 0.05) is 90.4 Å². The Hall–Kier alpha value is -4.89. The zero-order chi connectivity index (χ0) is 50.8. The molecule has 0 radical (unpaired) electrons. The second-order valence-corrected chi connectivity index (χ2v) is 21.8. The summed E-state index contributed by atoms with van der Waals surface area (Å²) in [7, 11) is 0. The summed E-state index contributed by atoms with van der Waals surface area (Å²) in [5.41, 5.74) is 14.2. The summed E-state index contributed by atoms with van der Waals surface area (Å²) in [6.45, 7) is 20.2. The molecule has 2 aromatic carbocycles. The third-order valence-electron chi connectivity index (χ3n) is 13.4. The fourth-order valence-corrected chi connectivity index (χ4v) is 10.9. The van der Waals surface area contributed by atoms with Crippen LogP contribution in [0.5, 0.6) is 0 Å². The van der Waals surface area contributed by atoms with Gasteiger partial charge in [0.05, 0.1) is 48.1 Å². The Morgan fingerprint density at radius 3 is 1.48 bits per heavy atom. The second kappa shape index (κ2) is 22.1. The maximum Gasteiger partial charge on any atom is 0.209 e. The van der Waals surface area contributed by atoms with Gasteiger partial charge in [-0.15, -0.1) is 0 Å². The highest BCUT2D eigenvalue weighted by Crippen LogP contribution is 2.40. The van der Waals surface area contributed by atoms with Crippen molar-refractivity contribution in [2.24, 2.45) is 5.73 Å². The molecule has 2 fully saturated rings. The number of nitrogens with two attached hydrogens (primary N) is 1. The van der Waals surface area contributed by atoms with E-state index in [1.54, 1.807) is 53.7 Å². The van der Waals surface area contributed by atoms with Crippen LogP contribution in [0, 0.1) is 0 Å². The average molecular weight is 1060 g/mol. The summed E-state index contributed by atoms with van der Waals surface area (Å²) < 4.78 is 3.75. The van der Waals surface area contributed by atoms with Gasteiger partial charge in [0.2, 0.25) is 11.2 Å². The predicted octanol–water partition coefficient (Wildman–Crippen LogP) is 13.8. The first-order chi connectivity index (χ1) is 33.8. The molecule has 2 atom stereocenters. The Morgan fingerprint density at radius 1 is 0.563 bits per heavy atom. The van der Waals surface area contributed by atoms with E-state index in [2.05, 4.69) is 90.4 Å². The number of rotatable bonds is 10. The average Bonchev–Trinajstić information content (AvgIpc) is 4.20. The van der Waals surface area contributed by atoms with E-state index in [0.717, 1.165) is 63.6 Å². The maximum absolute atomic E-state index is 6.41. The van der Waals surface area contributed by atoms with Gasteiger partial charge in [-0.2, -0.15) is 0 Å². The van der Waals surface area contributed by atoms with Crippen LogP contribution in [0.3, 0.4) is 0 Å². The van der Waals surface area contributed by atoms with Crippen LogP contribution in [0.4, 0.5) is 5.95 Å². The monoisotopic (exact) mass is 1050 g/mol. The Bertz CT molecular complexity index is 3100. The normalized spacial score (nSPS) is 16.7. The van der Waals surface area contributed by atoms with Gasteiger partial charge in [-0.1, -0.05) is 58.5 Å². The van der Waals surface area contributed by atoms with E-state index in [0.29, 0.717) is 60.9 Å². The molecule has 372 valence electrons. The number of fused-ring (bicyclic) bond motifs is 2. The molecule has 0 bridgehead atoms. The molecule has 10 rings (SSSR count). The lowest BCUT2D eigenvalue weighted by atomic mass is 9.92. The first kappa shape index (κ1) is 52.4. The van der Waals surface area contributed by atoms with Gasteiger partial charge in [-0.3, -0.25) is 28.6 Å². The molecule has 0 spiro atoms. The number of aromatic nitrogens is 8. The van der Waals surface area contributed by atoms with Crippen LogP contribution in [0.25, 0.3) is 56.1 Å². The van der Waals surface area contributed by atoms with Gasteiger partial charge >= 0.3 is 0 Å². The van der Waals surface area contributed by atoms with Crippen molar-refractivity contribution >= 4 is 75.2 Å². The molecule has 71 heavy (non-hydrogen) atoms. The molecule has 2 saturated heterocycles. The van der Waals surface area contributed by atoms with Gasteiger partial charge in [-0.25, -0.2) is 19.9 Å². The number of nitrogens with one attached hydrogen (secondary N) is 1. The summed E-state index contributed by atoms with van der Waals surface area (Å²) in [5.74, 6) is 0.758. The first-order valence-electron chi connectivity index (χ1n) is 24.0. The lowest BCUT2D eigenvalue weighted by molar-refractivity contribution is 0.147. The van der Waals surface area contributed by atoms with Crippen molar-refractivity contribution in [1.29, 1.82) is 0 Å². The van der Waals surface area contributed by atoms with Crippen molar-refractivity contribution in [1.82, 2.24) is 48.5 Å². The number of imidazole rings is 2. The highest BCUT2D eigenvalue weighted by atomic mass is 35.5. The van der Waals surface area contributed by atoms with Crippen LogP contribution in [-0.2, 0) is 0 Å². The standard InChI is InChI=1S/C27H30Cl2N6.C17H9Cl3N4.C10H22N2/c1-17(2)34-14-5-6-22(34)27(3,4)33-26-32-24(18-9-11-30-12-10-18)23(25-31-13-15-35(25)26)19-7-8-20(28)21(29)16-19;18-12-2-1-11(9-13(12)19)14-15(10-3-5-21-6-4-10)23-17(20)24-8-7-22-16(14)24;1-8(2)12-7-5-6-9(12)10(3,4)11/h7-13,15-17,22H,5-6,14H2,1-4H3,(H,32,33);1-9H;8-9H,5-7,11H2,1-4H3/t22-;;9-/m0.0/s1. The molecule has 0 saturated carbocycles. The van der Waals surface area contributed by atoms with E-state index >= 15 is 0 Å². The highest BCUT2D eigenvalue weighted by molar-refractivity contribution is 6.42. The van der Waals surface area contributed by atoms with E-state index < -0.39 is 0 Å². The number of likely N-dealkylation sites (tertiary alicyclic amines) is 2. The molecular weight excluding hydrogens is 994 g/mol. The third kappa shape index (κ3) is 11.5. The molecule has 6 aromatic heterocycles. The third-order valence-corrected chi connectivity index (χ3v) is 15.2. The number of nitrogens with zero attached hydrogens (tertiary/aromatic N) is 10. The molecule has 0 amide bonds. The molecule has 8 aromatic rings. The number of pyridine rings is 2. The van der Waals surface area contributed by atoms with Gasteiger partial charge in [0.1, 0.15) is 11.3 Å². The Kier molecular flexibility index (Phi) is 16.3. The van der Waals surface area contributed by atoms with Crippen molar-refractivity contribution in [3.05, 3.63) is 136 Å². The number of hydrogen-bond acceptors (Lipinski definition) is 10. The predicted molar refractivity (Wildman–Crippen MR) is 294 cm³/mol. The van der Waals surface area contributed by atoms with Gasteiger partial charge in [0.15, 0.2) is 0 Å². The summed E-state index contributed by atoms with van der Waals surface area (Å²) in [5, 5.41) is 6.09. The van der Waals surface area contributed by atoms with E-state index in [4.69, 9.17) is 73.7 Å². The molecule has 8 heterocycles. The van der Waals surface area contributed by atoms with Crippen molar-refractivity contribution in [2.45, 2.75) is 116 Å². The van der Waals surface area contributed by atoms with Gasteiger partial charge in [-0.05, 0) is 165 Å². The van der Waals surface area contributed by atoms with E-state index in [1.165, 1.54) is 25.8 Å². The molecule has 12 nitrogen and oxygen atoms in total. The SMILES string of the molecule is CC(C)N1CCC[C@H]1C(C)(C)N.CC(C)N1CCC[C@H]1C(C)(C)Nc1nc(-c2ccncc2)c(-c2ccc(Cl)c(Cl)c2)c2nccn12.Clc1ccc(-c2c(-c3ccncc3)nc(Cl)n3ccnc23)cc1Cl. The van der Waals surface area contributed by atoms with Crippen LogP contribution >= 0.6 is 58.0 Å². The molecule has 0 aliphatic carbocycles. The Morgan fingerprint density at radius 2 is 1.01 bits per heavy atom. The lowest BCUT2D eigenvalue weighted by Gasteiger charge is -2.40. The largest absolute Gasteiger partial charge is 0.349 e. The number of hydrogen-bond donors (Lipinski definition) is 2. The quantitative estimate of drug-likeness (QED) is 0.128. The summed E-state index contributed by atoms with van der Waals surface area (Å²) >= 11 is 31.2. The minimum absolute atomic E-state index is 0.0409. The van der Waals surface area contributed by atoms with Crippen LogP contribution in [0.1, 0.15) is 81.1 Å². The fraction of sp³-hybridized carbons (Fsp3) is 0.370. The van der Waals surface area contributed by atoms with Crippen molar-refractivity contribution in [3.8, 4) is 44.8 Å². The topological polar surface area (TPSA) is 131 Å². The molecule has 2 aliphatic rings. The van der Waals surface area contributed by atoms with E-state index in [9.17, 15) is 0 Å². The minimum Gasteiger partial charge on any atom is -0.349 e. The molecule has 0 unspecified atom stereocenters. The molecule has 3 N–H and O–H groups in total. The van der Waals surface area contributed by atoms with Crippen LogP contribution in [-0.4, -0.2) is 96.8 Å². The van der Waals surface area contributed by atoms with Crippen molar-refractivity contribution in [2.75, 3.05) is 18.4 Å². The number of halogens is 5. The first-order valence-corrected chi connectivity index (χ1v) is 25.9. The lowest BCUT2D eigenvalue weighted by Crippen LogP contribution is -2.53.